The minimum Gasteiger partial charge on any atom is -0.489 e. The number of amides is 1. The van der Waals surface area contributed by atoms with Gasteiger partial charge in [0.25, 0.3) is 0 Å². The van der Waals surface area contributed by atoms with Gasteiger partial charge >= 0.3 is 11.9 Å². The molecule has 0 radical (unpaired) electrons. The van der Waals surface area contributed by atoms with Crippen molar-refractivity contribution in [3.8, 4) is 5.75 Å². The maximum absolute atomic E-state index is 12.2. The summed E-state index contributed by atoms with van der Waals surface area (Å²) in [5, 5.41) is 31.3. The van der Waals surface area contributed by atoms with Gasteiger partial charge in [-0.1, -0.05) is 42.5 Å². The minimum atomic E-state index is -1.07. The van der Waals surface area contributed by atoms with Gasteiger partial charge in [0.15, 0.2) is 0 Å². The number of nitrogens with two attached hydrogens (primary N) is 1. The highest BCUT2D eigenvalue weighted by Gasteiger charge is 2.18. The number of rotatable bonds is 17. The Balaban J connectivity index is 1.66. The Morgan fingerprint density at radius 2 is 1.64 bits per heavy atom. The number of nitrogens with zero attached hydrogens (tertiary/aromatic N) is 1. The van der Waals surface area contributed by atoms with Crippen LogP contribution in [0.1, 0.15) is 43.2 Å². The van der Waals surface area contributed by atoms with Crippen molar-refractivity contribution in [2.75, 3.05) is 13.1 Å². The molecule has 1 amide bonds. The smallest absolute Gasteiger partial charge is 0.320 e. The van der Waals surface area contributed by atoms with Gasteiger partial charge in [-0.05, 0) is 55.5 Å². The molecule has 0 heterocycles. The molecule has 0 aliphatic heterocycles. The molecule has 0 bridgehead atoms. The summed E-state index contributed by atoms with van der Waals surface area (Å²) in [6.07, 6.45) is 1.11. The van der Waals surface area contributed by atoms with Crippen molar-refractivity contribution in [1.82, 2.24) is 10.4 Å². The Kier molecular flexibility index (Phi) is 12.4. The second-order valence-corrected chi connectivity index (χ2v) is 8.59. The van der Waals surface area contributed by atoms with E-state index < -0.39 is 29.9 Å². The largest absolute Gasteiger partial charge is 0.489 e. The van der Waals surface area contributed by atoms with Crippen molar-refractivity contribution in [2.45, 2.75) is 57.2 Å². The number of nitrogens with one attached hydrogen (secondary N) is 1. The number of carboxylic acid groups (broad SMARTS) is 2. The summed E-state index contributed by atoms with van der Waals surface area (Å²) >= 11 is 0. The van der Waals surface area contributed by atoms with Crippen LogP contribution in [0.2, 0.25) is 0 Å². The van der Waals surface area contributed by atoms with Crippen LogP contribution in [0.5, 0.6) is 5.75 Å². The van der Waals surface area contributed by atoms with Crippen molar-refractivity contribution in [3.05, 3.63) is 65.7 Å². The first kappa shape index (κ1) is 28.8. The van der Waals surface area contributed by atoms with Gasteiger partial charge in [0.1, 0.15) is 18.4 Å². The van der Waals surface area contributed by atoms with E-state index in [1.54, 1.807) is 0 Å². The molecule has 0 saturated carbocycles. The lowest BCUT2D eigenvalue weighted by molar-refractivity contribution is -0.166. The van der Waals surface area contributed by atoms with Crippen molar-refractivity contribution < 1.29 is 34.5 Å². The number of ether oxygens (including phenoxy) is 1. The maximum Gasteiger partial charge on any atom is 0.320 e. The van der Waals surface area contributed by atoms with E-state index in [4.69, 9.17) is 15.6 Å². The molecule has 0 aliphatic rings. The number of aliphatic carboxylic acids is 2. The molecule has 36 heavy (non-hydrogen) atoms. The molecule has 10 nitrogen and oxygen atoms in total. The first-order chi connectivity index (χ1) is 17.2. The van der Waals surface area contributed by atoms with E-state index in [1.165, 1.54) is 0 Å². The number of hydroxylamine groups is 2. The molecule has 2 rings (SSSR count). The van der Waals surface area contributed by atoms with Crippen LogP contribution in [-0.2, 0) is 27.4 Å². The normalized spacial score (nSPS) is 12.5. The Bertz CT molecular complexity index is 954. The summed E-state index contributed by atoms with van der Waals surface area (Å²) in [5.74, 6) is -1.82. The minimum absolute atomic E-state index is 0.0190. The van der Waals surface area contributed by atoms with E-state index in [-0.39, 0.29) is 38.8 Å². The zero-order valence-electron chi connectivity index (χ0n) is 20.2. The summed E-state index contributed by atoms with van der Waals surface area (Å²) in [5.41, 5.74) is 8.13. The van der Waals surface area contributed by atoms with Crippen LogP contribution in [0, 0.1) is 0 Å². The van der Waals surface area contributed by atoms with Crippen molar-refractivity contribution >= 4 is 17.8 Å². The number of carboxylic acids is 2. The van der Waals surface area contributed by atoms with Gasteiger partial charge in [0.05, 0.1) is 6.54 Å². The van der Waals surface area contributed by atoms with Gasteiger partial charge in [-0.25, -0.2) is 5.06 Å². The third-order valence-electron chi connectivity index (χ3n) is 5.50. The topological polar surface area (TPSA) is 162 Å². The van der Waals surface area contributed by atoms with Gasteiger partial charge in [0, 0.05) is 18.9 Å². The SMILES string of the molecule is N[C@@H](Cc1ccc(OCc2ccccc2)cc1)CN(O)C(=O)CCCN[C@@H](CCCC(=O)O)C(=O)O. The highest BCUT2D eigenvalue weighted by molar-refractivity contribution is 5.75. The van der Waals surface area contributed by atoms with Gasteiger partial charge in [-0.15, -0.1) is 0 Å². The van der Waals surface area contributed by atoms with E-state index in [1.807, 2.05) is 54.6 Å². The molecule has 0 spiro atoms. The highest BCUT2D eigenvalue weighted by Crippen LogP contribution is 2.15. The van der Waals surface area contributed by atoms with Crippen molar-refractivity contribution in [1.29, 1.82) is 0 Å². The Labute approximate surface area is 210 Å². The Hall–Kier alpha value is -3.47. The zero-order chi connectivity index (χ0) is 26.3. The van der Waals surface area contributed by atoms with Gasteiger partial charge in [-0.3, -0.25) is 19.6 Å². The molecule has 2 aromatic rings. The van der Waals surface area contributed by atoms with E-state index in [0.717, 1.165) is 16.9 Å². The summed E-state index contributed by atoms with van der Waals surface area (Å²) in [4.78, 5) is 34.0. The maximum atomic E-state index is 12.2. The molecular formula is C26H35N3O7. The van der Waals surface area contributed by atoms with Crippen LogP contribution in [0.4, 0.5) is 0 Å². The Morgan fingerprint density at radius 1 is 0.944 bits per heavy atom. The molecule has 0 aromatic heterocycles. The molecule has 0 aliphatic carbocycles. The third kappa shape index (κ3) is 11.3. The number of benzene rings is 2. The van der Waals surface area contributed by atoms with Crippen LogP contribution in [-0.4, -0.2) is 63.5 Å². The lowest BCUT2D eigenvalue weighted by Gasteiger charge is -2.20. The fourth-order valence-electron chi connectivity index (χ4n) is 3.57. The molecule has 10 heteroatoms. The van der Waals surface area contributed by atoms with Crippen LogP contribution in [0.15, 0.2) is 54.6 Å². The lowest BCUT2D eigenvalue weighted by Crippen LogP contribution is -2.41. The molecular weight excluding hydrogens is 466 g/mol. The van der Waals surface area contributed by atoms with Gasteiger partial charge in [-0.2, -0.15) is 0 Å². The Morgan fingerprint density at radius 3 is 2.28 bits per heavy atom. The molecule has 0 fully saturated rings. The summed E-state index contributed by atoms with van der Waals surface area (Å²) in [6, 6.07) is 16.0. The standard InChI is InChI=1S/C26H35N3O7/c27-21(16-19-11-13-22(14-12-19)36-18-20-6-2-1-3-7-20)17-29(35)24(30)9-5-15-28-23(26(33)34)8-4-10-25(31)32/h1-3,6-7,11-14,21,23,28,35H,4-5,8-10,15-18,27H2,(H,31,32)(H,33,34)/t21-,23-/m0/s1. The second kappa shape index (κ2) is 15.5. The molecule has 2 atom stereocenters. The number of hydrogen-bond donors (Lipinski definition) is 5. The number of carbonyl (C=O) groups excluding carboxylic acids is 1. The molecule has 196 valence electrons. The molecule has 2 aromatic carbocycles. The summed E-state index contributed by atoms with van der Waals surface area (Å²) < 4.78 is 5.77. The number of hydrogen-bond acceptors (Lipinski definition) is 7. The first-order valence-corrected chi connectivity index (χ1v) is 11.9. The van der Waals surface area contributed by atoms with E-state index >= 15 is 0 Å². The average molecular weight is 502 g/mol. The van der Waals surface area contributed by atoms with E-state index in [0.29, 0.717) is 24.5 Å². The molecule has 0 saturated heterocycles. The van der Waals surface area contributed by atoms with Gasteiger partial charge in [0.2, 0.25) is 5.91 Å². The van der Waals surface area contributed by atoms with Crippen LogP contribution in [0.3, 0.4) is 0 Å². The van der Waals surface area contributed by atoms with Gasteiger partial charge < -0.3 is 26.0 Å². The fourth-order valence-corrected chi connectivity index (χ4v) is 3.57. The highest BCUT2D eigenvalue weighted by atomic mass is 16.5. The molecule has 6 N–H and O–H groups in total. The van der Waals surface area contributed by atoms with Crippen LogP contribution in [0.25, 0.3) is 0 Å². The third-order valence-corrected chi connectivity index (χ3v) is 5.50. The quantitative estimate of drug-likeness (QED) is 0.124. The van der Waals surface area contributed by atoms with E-state index in [2.05, 4.69) is 5.32 Å². The average Bonchev–Trinajstić information content (AvgIpc) is 2.85. The van der Waals surface area contributed by atoms with Crippen LogP contribution >= 0.6 is 0 Å². The van der Waals surface area contributed by atoms with Crippen LogP contribution < -0.4 is 15.8 Å². The number of carbonyl (C=O) groups is 3. The second-order valence-electron chi connectivity index (χ2n) is 8.59. The van der Waals surface area contributed by atoms with Crippen molar-refractivity contribution in [2.24, 2.45) is 5.73 Å². The predicted molar refractivity (Wildman–Crippen MR) is 133 cm³/mol. The van der Waals surface area contributed by atoms with Crippen molar-refractivity contribution in [3.63, 3.8) is 0 Å². The first-order valence-electron chi connectivity index (χ1n) is 11.9. The fraction of sp³-hybridized carbons (Fsp3) is 0.423. The van der Waals surface area contributed by atoms with E-state index in [9.17, 15) is 24.7 Å². The molecule has 0 unspecified atom stereocenters. The summed E-state index contributed by atoms with van der Waals surface area (Å²) in [7, 11) is 0. The monoisotopic (exact) mass is 501 g/mol. The zero-order valence-corrected chi connectivity index (χ0v) is 20.2. The summed E-state index contributed by atoms with van der Waals surface area (Å²) in [6.45, 7) is 0.679. The predicted octanol–water partition coefficient (Wildman–Crippen LogP) is 2.43. The lowest BCUT2D eigenvalue weighted by atomic mass is 10.1.